The van der Waals surface area contributed by atoms with Crippen molar-refractivity contribution in [2.24, 2.45) is 0 Å². The van der Waals surface area contributed by atoms with Gasteiger partial charge >= 0.3 is 0 Å². The van der Waals surface area contributed by atoms with Crippen molar-refractivity contribution < 1.29 is 17.6 Å². The number of aromatic nitrogens is 2. The maximum atomic E-state index is 14.2. The zero-order valence-electron chi connectivity index (χ0n) is 20.1. The number of imidazole rings is 1. The van der Waals surface area contributed by atoms with Gasteiger partial charge in [-0.1, -0.05) is 42.0 Å². The van der Waals surface area contributed by atoms with E-state index >= 15 is 0 Å². The van der Waals surface area contributed by atoms with Crippen molar-refractivity contribution in [3.05, 3.63) is 95.8 Å². The van der Waals surface area contributed by atoms with Crippen molar-refractivity contribution in [1.82, 2.24) is 14.5 Å². The van der Waals surface area contributed by atoms with E-state index in [0.717, 1.165) is 24.2 Å². The number of carbonyl (C=O) groups is 1. The fourth-order valence-corrected chi connectivity index (χ4v) is 6.14. The first kappa shape index (κ1) is 24.2. The molecule has 1 amide bonds. The van der Waals surface area contributed by atoms with Crippen molar-refractivity contribution >= 4 is 26.5 Å². The van der Waals surface area contributed by atoms with Crippen LogP contribution in [0.3, 0.4) is 0 Å². The van der Waals surface area contributed by atoms with Crippen LogP contribution >= 0.6 is 0 Å². The van der Waals surface area contributed by atoms with E-state index < -0.39 is 9.84 Å². The second kappa shape index (κ2) is 9.85. The van der Waals surface area contributed by atoms with Crippen molar-refractivity contribution in [2.45, 2.75) is 37.1 Å². The van der Waals surface area contributed by atoms with Gasteiger partial charge in [0.2, 0.25) is 0 Å². The normalized spacial score (nSPS) is 14.9. The molecule has 6 nitrogen and oxygen atoms in total. The molecule has 0 saturated carbocycles. The number of hydrogen-bond acceptors (Lipinski definition) is 4. The zero-order valence-corrected chi connectivity index (χ0v) is 20.9. The number of nitrogens with zero attached hydrogens (tertiary/aromatic N) is 3. The van der Waals surface area contributed by atoms with Crippen LogP contribution in [-0.2, 0) is 16.4 Å². The van der Waals surface area contributed by atoms with E-state index in [1.165, 1.54) is 6.07 Å². The predicted molar refractivity (Wildman–Crippen MR) is 137 cm³/mol. The van der Waals surface area contributed by atoms with Crippen LogP contribution < -0.4 is 0 Å². The third-order valence-electron chi connectivity index (χ3n) is 6.98. The summed E-state index contributed by atoms with van der Waals surface area (Å²) in [6, 6.07) is 16.9. The summed E-state index contributed by atoms with van der Waals surface area (Å²) >= 11 is 0. The number of carbonyl (C=O) groups excluding carboxylic acids is 1. The highest BCUT2D eigenvalue weighted by atomic mass is 32.2. The third kappa shape index (κ3) is 4.78. The summed E-state index contributed by atoms with van der Waals surface area (Å²) in [5, 5.41) is 1.07. The smallest absolute Gasteiger partial charge is 0.254 e. The Hall–Kier alpha value is -3.52. The average Bonchev–Trinajstić information content (AvgIpc) is 3.37. The summed E-state index contributed by atoms with van der Waals surface area (Å²) in [5.74, 6) is 0.549. The Morgan fingerprint density at radius 2 is 1.69 bits per heavy atom. The molecule has 186 valence electrons. The van der Waals surface area contributed by atoms with Crippen molar-refractivity contribution in [3.63, 3.8) is 0 Å². The molecule has 4 aromatic rings. The van der Waals surface area contributed by atoms with Gasteiger partial charge in [0.05, 0.1) is 10.6 Å². The molecule has 0 unspecified atom stereocenters. The van der Waals surface area contributed by atoms with Crippen LogP contribution in [0.1, 0.15) is 40.5 Å². The van der Waals surface area contributed by atoms with E-state index in [1.54, 1.807) is 54.7 Å². The zero-order chi connectivity index (χ0) is 25.3. The molecular weight excluding hydrogens is 477 g/mol. The lowest BCUT2D eigenvalue weighted by molar-refractivity contribution is 0.0712. The molecule has 36 heavy (non-hydrogen) atoms. The van der Waals surface area contributed by atoms with Crippen LogP contribution in [0.25, 0.3) is 10.8 Å². The lowest BCUT2D eigenvalue weighted by Gasteiger charge is -2.32. The fraction of sp³-hybridized carbons (Fsp3) is 0.286. The number of benzene rings is 3. The minimum absolute atomic E-state index is 0.00556. The molecule has 0 bridgehead atoms. The lowest BCUT2D eigenvalue weighted by Crippen LogP contribution is -2.38. The number of fused-ring (bicyclic) bond motifs is 1. The number of aryl methyl sites for hydroxylation is 2. The molecule has 0 atom stereocenters. The summed E-state index contributed by atoms with van der Waals surface area (Å²) in [6.07, 6.45) is 4.98. The van der Waals surface area contributed by atoms with Gasteiger partial charge in [0.1, 0.15) is 11.6 Å². The van der Waals surface area contributed by atoms with Crippen LogP contribution in [0.15, 0.2) is 78.0 Å². The molecule has 1 fully saturated rings. The van der Waals surface area contributed by atoms with Gasteiger partial charge in [-0.15, -0.1) is 0 Å². The summed E-state index contributed by atoms with van der Waals surface area (Å²) in [6.45, 7) is 3.37. The molecule has 5 rings (SSSR count). The van der Waals surface area contributed by atoms with Crippen LogP contribution in [0.2, 0.25) is 0 Å². The quantitative estimate of drug-likeness (QED) is 0.371. The average molecular weight is 506 g/mol. The molecule has 1 aliphatic rings. The second-order valence-electron chi connectivity index (χ2n) is 9.32. The van der Waals surface area contributed by atoms with Crippen molar-refractivity contribution in [3.8, 4) is 0 Å². The van der Waals surface area contributed by atoms with E-state index in [1.807, 2.05) is 28.7 Å². The van der Waals surface area contributed by atoms with Gasteiger partial charge in [-0.05, 0) is 49.4 Å². The van der Waals surface area contributed by atoms with Gasteiger partial charge in [0.25, 0.3) is 5.91 Å². The summed E-state index contributed by atoms with van der Waals surface area (Å²) in [7, 11) is -3.40. The van der Waals surface area contributed by atoms with Crippen LogP contribution in [0.5, 0.6) is 0 Å². The highest BCUT2D eigenvalue weighted by Crippen LogP contribution is 2.29. The Labute approximate surface area is 210 Å². The standard InChI is InChI=1S/C28H28FN3O3S/c1-20-6-8-22(9-7-20)36(34,35)19-18-31-17-14-30-27(31)21-12-15-32(16-13-21)28(33)25-10-11-26(29)24-5-3-2-4-23(24)25/h2-11,14,17,21H,12-13,15-16,18-19H2,1H3. The van der Waals surface area contributed by atoms with Gasteiger partial charge < -0.3 is 9.47 Å². The number of hydrogen-bond donors (Lipinski definition) is 0. The summed E-state index contributed by atoms with van der Waals surface area (Å²) in [5.41, 5.74) is 1.52. The number of rotatable bonds is 6. The Morgan fingerprint density at radius 3 is 2.42 bits per heavy atom. The molecule has 1 saturated heterocycles. The number of sulfone groups is 1. The molecule has 0 spiro atoms. The molecule has 0 radical (unpaired) electrons. The molecule has 0 N–H and O–H groups in total. The monoisotopic (exact) mass is 505 g/mol. The van der Waals surface area contributed by atoms with Gasteiger partial charge in [0, 0.05) is 48.9 Å². The number of piperidine rings is 1. The van der Waals surface area contributed by atoms with E-state index in [2.05, 4.69) is 4.98 Å². The molecule has 8 heteroatoms. The molecule has 1 aromatic heterocycles. The molecule has 2 heterocycles. The Balaban J connectivity index is 1.25. The van der Waals surface area contributed by atoms with E-state index in [-0.39, 0.29) is 23.4 Å². The van der Waals surface area contributed by atoms with Crippen LogP contribution in [0, 0.1) is 12.7 Å². The summed E-state index contributed by atoms with van der Waals surface area (Å²) < 4.78 is 41.7. The topological polar surface area (TPSA) is 72.3 Å². The Morgan fingerprint density at radius 1 is 1.00 bits per heavy atom. The van der Waals surface area contributed by atoms with Gasteiger partial charge in [-0.25, -0.2) is 17.8 Å². The maximum Gasteiger partial charge on any atom is 0.254 e. The van der Waals surface area contributed by atoms with E-state index in [4.69, 9.17) is 0 Å². The Kier molecular flexibility index (Phi) is 6.62. The van der Waals surface area contributed by atoms with Crippen LogP contribution in [-0.4, -0.2) is 47.6 Å². The number of likely N-dealkylation sites (tertiary alicyclic amines) is 1. The third-order valence-corrected chi connectivity index (χ3v) is 8.69. The minimum atomic E-state index is -3.40. The number of amides is 1. The molecule has 3 aromatic carbocycles. The molecular formula is C28H28FN3O3S. The first-order chi connectivity index (χ1) is 17.3. The summed E-state index contributed by atoms with van der Waals surface area (Å²) in [4.78, 5) is 19.9. The van der Waals surface area contributed by atoms with Crippen molar-refractivity contribution in [1.29, 1.82) is 0 Å². The number of halogens is 1. The SMILES string of the molecule is Cc1ccc(S(=O)(=O)CCn2ccnc2C2CCN(C(=O)c3ccc(F)c4ccccc34)CC2)cc1. The highest BCUT2D eigenvalue weighted by molar-refractivity contribution is 7.91. The van der Waals surface area contributed by atoms with Crippen LogP contribution in [0.4, 0.5) is 4.39 Å². The van der Waals surface area contributed by atoms with Gasteiger partial charge in [-0.2, -0.15) is 0 Å². The van der Waals surface area contributed by atoms with Gasteiger partial charge in [0.15, 0.2) is 9.84 Å². The molecule has 0 aliphatic carbocycles. The largest absolute Gasteiger partial charge is 0.339 e. The Bertz CT molecular complexity index is 1500. The first-order valence-corrected chi connectivity index (χ1v) is 13.8. The van der Waals surface area contributed by atoms with Crippen molar-refractivity contribution in [2.75, 3.05) is 18.8 Å². The highest BCUT2D eigenvalue weighted by Gasteiger charge is 2.28. The minimum Gasteiger partial charge on any atom is -0.339 e. The molecule has 1 aliphatic heterocycles. The maximum absolute atomic E-state index is 14.2. The fourth-order valence-electron chi connectivity index (χ4n) is 4.91. The van der Waals surface area contributed by atoms with E-state index in [0.29, 0.717) is 40.9 Å². The van der Waals surface area contributed by atoms with E-state index in [9.17, 15) is 17.6 Å². The van der Waals surface area contributed by atoms with Gasteiger partial charge in [-0.3, -0.25) is 4.79 Å². The lowest BCUT2D eigenvalue weighted by atomic mass is 9.94. The second-order valence-corrected chi connectivity index (χ2v) is 11.4. The first-order valence-electron chi connectivity index (χ1n) is 12.1. The predicted octanol–water partition coefficient (Wildman–Crippen LogP) is 4.98.